The summed E-state index contributed by atoms with van der Waals surface area (Å²) in [7, 11) is -3.38. The lowest BCUT2D eigenvalue weighted by atomic mass is 10.1. The highest BCUT2D eigenvalue weighted by molar-refractivity contribution is 7.92. The second kappa shape index (κ2) is 6.57. The van der Waals surface area contributed by atoms with Gasteiger partial charge in [-0.25, -0.2) is 8.42 Å². The normalized spacial score (nSPS) is 18.3. The highest BCUT2D eigenvalue weighted by Crippen LogP contribution is 2.23. The monoisotopic (exact) mass is 339 g/mol. The van der Waals surface area contributed by atoms with E-state index < -0.39 is 15.9 Å². The van der Waals surface area contributed by atoms with E-state index in [9.17, 15) is 18.0 Å². The van der Waals surface area contributed by atoms with E-state index in [4.69, 9.17) is 0 Å². The Morgan fingerprint density at radius 2 is 1.96 bits per heavy atom. The molecule has 1 aromatic carbocycles. The SMILES string of the molecule is CC(C)N1C[C@@H](C(=O)Nc2cccc(NS(C)(=O)=O)c2)CC1=O. The van der Waals surface area contributed by atoms with Crippen LogP contribution in [0.3, 0.4) is 0 Å². The molecule has 8 heteroatoms. The third kappa shape index (κ3) is 4.69. The zero-order chi connectivity index (χ0) is 17.2. The average molecular weight is 339 g/mol. The molecule has 23 heavy (non-hydrogen) atoms. The number of rotatable bonds is 5. The summed E-state index contributed by atoms with van der Waals surface area (Å²) >= 11 is 0. The first-order valence-electron chi connectivity index (χ1n) is 7.34. The van der Waals surface area contributed by atoms with Gasteiger partial charge in [0.05, 0.1) is 17.9 Å². The second-order valence-corrected chi connectivity index (χ2v) is 7.73. The molecule has 0 saturated carbocycles. The molecule has 0 aliphatic carbocycles. The number of benzene rings is 1. The first-order chi connectivity index (χ1) is 10.7. The third-order valence-electron chi connectivity index (χ3n) is 3.59. The first-order valence-corrected chi connectivity index (χ1v) is 9.23. The molecule has 1 aromatic rings. The van der Waals surface area contributed by atoms with Crippen LogP contribution in [0.5, 0.6) is 0 Å². The van der Waals surface area contributed by atoms with E-state index in [2.05, 4.69) is 10.0 Å². The Bertz CT molecular complexity index is 715. The molecule has 7 nitrogen and oxygen atoms in total. The molecule has 1 aliphatic rings. The predicted octanol–water partition coefficient (Wildman–Crippen LogP) is 1.25. The van der Waals surface area contributed by atoms with E-state index in [-0.39, 0.29) is 24.3 Å². The molecule has 2 amide bonds. The third-order valence-corrected chi connectivity index (χ3v) is 4.19. The summed E-state index contributed by atoms with van der Waals surface area (Å²) in [6.45, 7) is 4.24. The van der Waals surface area contributed by atoms with Gasteiger partial charge in [-0.15, -0.1) is 0 Å². The average Bonchev–Trinajstić information content (AvgIpc) is 2.79. The van der Waals surface area contributed by atoms with Crippen molar-refractivity contribution in [1.82, 2.24) is 4.90 Å². The summed E-state index contributed by atoms with van der Waals surface area (Å²) in [4.78, 5) is 25.8. The quantitative estimate of drug-likeness (QED) is 0.844. The van der Waals surface area contributed by atoms with Crippen LogP contribution >= 0.6 is 0 Å². The van der Waals surface area contributed by atoms with Gasteiger partial charge in [0.1, 0.15) is 0 Å². The minimum absolute atomic E-state index is 0.0207. The summed E-state index contributed by atoms with van der Waals surface area (Å²) < 4.78 is 24.8. The van der Waals surface area contributed by atoms with Gasteiger partial charge in [-0.05, 0) is 32.0 Å². The standard InChI is InChI=1S/C15H21N3O4S/c1-10(2)18-9-11(7-14(18)19)15(20)16-12-5-4-6-13(8-12)17-23(3,21)22/h4-6,8,10-11,17H,7,9H2,1-3H3,(H,16,20)/t11-/m0/s1. The Labute approximate surface area is 136 Å². The molecule has 126 valence electrons. The van der Waals surface area contributed by atoms with Crippen molar-refractivity contribution in [3.8, 4) is 0 Å². The van der Waals surface area contributed by atoms with Crippen LogP contribution in [0.2, 0.25) is 0 Å². The van der Waals surface area contributed by atoms with E-state index in [1.807, 2.05) is 13.8 Å². The summed E-state index contributed by atoms with van der Waals surface area (Å²) in [6.07, 6.45) is 1.26. The molecule has 1 aliphatic heterocycles. The van der Waals surface area contributed by atoms with Crippen LogP contribution < -0.4 is 10.0 Å². The van der Waals surface area contributed by atoms with Crippen LogP contribution in [0.4, 0.5) is 11.4 Å². The Hall–Kier alpha value is -2.09. The zero-order valence-corrected chi connectivity index (χ0v) is 14.2. The number of hydrogen-bond acceptors (Lipinski definition) is 4. The molecule has 0 bridgehead atoms. The van der Waals surface area contributed by atoms with Gasteiger partial charge in [0.15, 0.2) is 0 Å². The Morgan fingerprint density at radius 1 is 1.30 bits per heavy atom. The second-order valence-electron chi connectivity index (χ2n) is 5.99. The summed E-state index contributed by atoms with van der Waals surface area (Å²) in [5.41, 5.74) is 0.857. The fourth-order valence-corrected chi connectivity index (χ4v) is 3.08. The van der Waals surface area contributed by atoms with E-state index in [0.29, 0.717) is 17.9 Å². The molecule has 0 radical (unpaired) electrons. The molecule has 2 N–H and O–H groups in total. The fraction of sp³-hybridized carbons (Fsp3) is 0.467. The van der Waals surface area contributed by atoms with Crippen molar-refractivity contribution >= 4 is 33.2 Å². The number of sulfonamides is 1. The molecule has 1 heterocycles. The van der Waals surface area contributed by atoms with E-state index in [1.54, 1.807) is 23.1 Å². The number of anilines is 2. The summed E-state index contributed by atoms with van der Waals surface area (Å²) in [5, 5.41) is 2.74. The van der Waals surface area contributed by atoms with Gasteiger partial charge < -0.3 is 10.2 Å². The smallest absolute Gasteiger partial charge is 0.229 e. The highest BCUT2D eigenvalue weighted by atomic mass is 32.2. The highest BCUT2D eigenvalue weighted by Gasteiger charge is 2.35. The maximum Gasteiger partial charge on any atom is 0.229 e. The largest absolute Gasteiger partial charge is 0.339 e. The predicted molar refractivity (Wildman–Crippen MR) is 88.5 cm³/mol. The molecule has 1 atom stereocenters. The lowest BCUT2D eigenvalue weighted by Crippen LogP contribution is -2.33. The summed E-state index contributed by atoms with van der Waals surface area (Å²) in [6, 6.07) is 6.51. The van der Waals surface area contributed by atoms with Gasteiger partial charge in [0, 0.05) is 24.7 Å². The molecule has 1 saturated heterocycles. The maximum absolute atomic E-state index is 12.3. The maximum atomic E-state index is 12.3. The zero-order valence-electron chi connectivity index (χ0n) is 13.4. The summed E-state index contributed by atoms with van der Waals surface area (Å²) in [5.74, 6) is -0.651. The van der Waals surface area contributed by atoms with Gasteiger partial charge >= 0.3 is 0 Å². The van der Waals surface area contributed by atoms with Crippen LogP contribution in [0.1, 0.15) is 20.3 Å². The van der Waals surface area contributed by atoms with Gasteiger partial charge in [-0.3, -0.25) is 14.3 Å². The number of likely N-dealkylation sites (tertiary alicyclic amines) is 1. The van der Waals surface area contributed by atoms with Crippen molar-refractivity contribution in [2.24, 2.45) is 5.92 Å². The van der Waals surface area contributed by atoms with E-state index in [1.165, 1.54) is 6.07 Å². The van der Waals surface area contributed by atoms with Crippen molar-refractivity contribution in [3.63, 3.8) is 0 Å². The van der Waals surface area contributed by atoms with Crippen molar-refractivity contribution in [2.75, 3.05) is 22.8 Å². The molecular formula is C15H21N3O4S. The molecular weight excluding hydrogens is 318 g/mol. The minimum Gasteiger partial charge on any atom is -0.339 e. The van der Waals surface area contributed by atoms with Crippen LogP contribution in [0.25, 0.3) is 0 Å². The van der Waals surface area contributed by atoms with Crippen molar-refractivity contribution in [3.05, 3.63) is 24.3 Å². The van der Waals surface area contributed by atoms with E-state index >= 15 is 0 Å². The van der Waals surface area contributed by atoms with Crippen LogP contribution in [0, 0.1) is 5.92 Å². The number of nitrogens with one attached hydrogen (secondary N) is 2. The van der Waals surface area contributed by atoms with Gasteiger partial charge in [-0.2, -0.15) is 0 Å². The van der Waals surface area contributed by atoms with Gasteiger partial charge in [-0.1, -0.05) is 6.07 Å². The van der Waals surface area contributed by atoms with E-state index in [0.717, 1.165) is 6.26 Å². The first kappa shape index (κ1) is 17.3. The molecule has 0 unspecified atom stereocenters. The van der Waals surface area contributed by atoms with Crippen molar-refractivity contribution < 1.29 is 18.0 Å². The van der Waals surface area contributed by atoms with Crippen molar-refractivity contribution in [1.29, 1.82) is 0 Å². The lowest BCUT2D eigenvalue weighted by molar-refractivity contribution is -0.129. The number of nitrogens with zero attached hydrogens (tertiary/aromatic N) is 1. The van der Waals surface area contributed by atoms with Crippen LogP contribution in [0.15, 0.2) is 24.3 Å². The van der Waals surface area contributed by atoms with Crippen molar-refractivity contribution in [2.45, 2.75) is 26.3 Å². The van der Waals surface area contributed by atoms with Gasteiger partial charge in [0.2, 0.25) is 21.8 Å². The number of hydrogen-bond donors (Lipinski definition) is 2. The van der Waals surface area contributed by atoms with Crippen LogP contribution in [-0.4, -0.2) is 44.0 Å². The molecule has 0 spiro atoms. The molecule has 0 aromatic heterocycles. The Kier molecular flexibility index (Phi) is 4.93. The number of carbonyl (C=O) groups excluding carboxylic acids is 2. The minimum atomic E-state index is -3.38. The van der Waals surface area contributed by atoms with Crippen LogP contribution in [-0.2, 0) is 19.6 Å². The van der Waals surface area contributed by atoms with Gasteiger partial charge in [0.25, 0.3) is 0 Å². The topological polar surface area (TPSA) is 95.6 Å². The lowest BCUT2D eigenvalue weighted by Gasteiger charge is -2.20. The number of carbonyl (C=O) groups is 2. The molecule has 1 fully saturated rings. The number of amides is 2. The molecule has 2 rings (SSSR count). The fourth-order valence-electron chi connectivity index (χ4n) is 2.53. The Balaban J connectivity index is 2.04. The Morgan fingerprint density at radius 3 is 2.52 bits per heavy atom.